The molecule has 1 atom stereocenters. The highest BCUT2D eigenvalue weighted by atomic mass is 79.9. The maximum atomic E-state index is 3.65. The molecule has 0 bridgehead atoms. The van der Waals surface area contributed by atoms with E-state index in [4.69, 9.17) is 0 Å². The summed E-state index contributed by atoms with van der Waals surface area (Å²) < 4.78 is 1.26. The minimum absolute atomic E-state index is 0.525. The summed E-state index contributed by atoms with van der Waals surface area (Å²) in [4.78, 5) is 1.45. The van der Waals surface area contributed by atoms with Crippen LogP contribution in [0.25, 0.3) is 0 Å². The van der Waals surface area contributed by atoms with E-state index in [1.54, 1.807) is 0 Å². The monoisotopic (exact) mass is 303 g/mol. The Labute approximate surface area is 112 Å². The first-order valence-electron chi connectivity index (χ1n) is 6.11. The molecule has 0 fully saturated rings. The van der Waals surface area contributed by atoms with Crippen LogP contribution in [0.3, 0.4) is 0 Å². The second kappa shape index (κ2) is 7.46. The predicted octanol–water partition coefficient (Wildman–Crippen LogP) is 4.99. The van der Waals surface area contributed by atoms with Crippen molar-refractivity contribution in [2.45, 2.75) is 46.1 Å². The molecular weight excluding hydrogens is 282 g/mol. The normalized spacial score (nSPS) is 13.3. The van der Waals surface area contributed by atoms with Crippen molar-refractivity contribution in [2.75, 3.05) is 6.54 Å². The van der Waals surface area contributed by atoms with Crippen LogP contribution in [0.5, 0.6) is 0 Å². The Kier molecular flexibility index (Phi) is 6.62. The molecule has 1 unspecified atom stereocenters. The summed E-state index contributed by atoms with van der Waals surface area (Å²) in [5.74, 6) is 0.782. The summed E-state index contributed by atoms with van der Waals surface area (Å²) in [5, 5.41) is 5.81. The van der Waals surface area contributed by atoms with E-state index in [1.807, 2.05) is 11.3 Å². The first-order chi connectivity index (χ1) is 7.65. The zero-order valence-corrected chi connectivity index (χ0v) is 12.8. The zero-order chi connectivity index (χ0) is 12.0. The standard InChI is InChI=1S/C13H22BrNS/c1-4-8-15-12(6-5-10(2)3)13-11(14)7-9-16-13/h7,9-10,12,15H,4-6,8H2,1-3H3. The molecule has 0 radical (unpaired) electrons. The third kappa shape index (κ3) is 4.56. The van der Waals surface area contributed by atoms with Gasteiger partial charge in [-0.1, -0.05) is 20.8 Å². The molecular formula is C13H22BrNS. The molecule has 1 rings (SSSR count). The molecule has 0 aliphatic heterocycles. The van der Waals surface area contributed by atoms with Crippen molar-refractivity contribution >= 4 is 27.3 Å². The van der Waals surface area contributed by atoms with Crippen molar-refractivity contribution in [1.82, 2.24) is 5.32 Å². The Hall–Kier alpha value is 0.140. The number of nitrogens with one attached hydrogen (secondary N) is 1. The summed E-state index contributed by atoms with van der Waals surface area (Å²) in [6.07, 6.45) is 3.71. The van der Waals surface area contributed by atoms with Gasteiger partial charge < -0.3 is 5.32 Å². The average molecular weight is 304 g/mol. The summed E-state index contributed by atoms with van der Waals surface area (Å²) in [5.41, 5.74) is 0. The molecule has 1 aromatic rings. The van der Waals surface area contributed by atoms with Crippen molar-refractivity contribution < 1.29 is 0 Å². The topological polar surface area (TPSA) is 12.0 Å². The van der Waals surface area contributed by atoms with Gasteiger partial charge >= 0.3 is 0 Å². The van der Waals surface area contributed by atoms with Gasteiger partial charge in [0.25, 0.3) is 0 Å². The molecule has 0 amide bonds. The van der Waals surface area contributed by atoms with E-state index in [0.717, 1.165) is 12.5 Å². The van der Waals surface area contributed by atoms with Gasteiger partial charge in [-0.3, -0.25) is 0 Å². The molecule has 92 valence electrons. The van der Waals surface area contributed by atoms with Gasteiger partial charge in [-0.15, -0.1) is 11.3 Å². The fourth-order valence-electron chi connectivity index (χ4n) is 1.70. The van der Waals surface area contributed by atoms with Crippen molar-refractivity contribution in [3.05, 3.63) is 20.8 Å². The summed E-state index contributed by atoms with van der Waals surface area (Å²) in [6, 6.07) is 2.67. The van der Waals surface area contributed by atoms with Gasteiger partial charge in [0.2, 0.25) is 0 Å². The van der Waals surface area contributed by atoms with Gasteiger partial charge in [-0.25, -0.2) is 0 Å². The lowest BCUT2D eigenvalue weighted by Gasteiger charge is -2.19. The highest BCUT2D eigenvalue weighted by molar-refractivity contribution is 9.10. The highest BCUT2D eigenvalue weighted by Crippen LogP contribution is 2.32. The Morgan fingerprint density at radius 3 is 2.62 bits per heavy atom. The molecule has 0 saturated carbocycles. The molecule has 3 heteroatoms. The molecule has 0 spiro atoms. The largest absolute Gasteiger partial charge is 0.309 e. The highest BCUT2D eigenvalue weighted by Gasteiger charge is 2.15. The van der Waals surface area contributed by atoms with Gasteiger partial charge in [0, 0.05) is 15.4 Å². The van der Waals surface area contributed by atoms with Crippen LogP contribution in [-0.4, -0.2) is 6.54 Å². The van der Waals surface area contributed by atoms with Crippen molar-refractivity contribution in [2.24, 2.45) is 5.92 Å². The van der Waals surface area contributed by atoms with Gasteiger partial charge in [-0.05, 0) is 59.1 Å². The Morgan fingerprint density at radius 2 is 2.12 bits per heavy atom. The molecule has 0 aliphatic rings. The lowest BCUT2D eigenvalue weighted by molar-refractivity contribution is 0.444. The van der Waals surface area contributed by atoms with Gasteiger partial charge in [-0.2, -0.15) is 0 Å². The molecule has 16 heavy (non-hydrogen) atoms. The van der Waals surface area contributed by atoms with Crippen LogP contribution in [0.4, 0.5) is 0 Å². The first-order valence-corrected chi connectivity index (χ1v) is 7.78. The van der Waals surface area contributed by atoms with Crippen LogP contribution in [0.2, 0.25) is 0 Å². The number of rotatable bonds is 7. The van der Waals surface area contributed by atoms with E-state index in [-0.39, 0.29) is 0 Å². The van der Waals surface area contributed by atoms with Crippen molar-refractivity contribution in [3.8, 4) is 0 Å². The van der Waals surface area contributed by atoms with E-state index in [2.05, 4.69) is 53.5 Å². The van der Waals surface area contributed by atoms with Gasteiger partial charge in [0.15, 0.2) is 0 Å². The Morgan fingerprint density at radius 1 is 1.38 bits per heavy atom. The van der Waals surface area contributed by atoms with Gasteiger partial charge in [0.05, 0.1) is 0 Å². The van der Waals surface area contributed by atoms with Crippen LogP contribution < -0.4 is 5.32 Å². The second-order valence-electron chi connectivity index (χ2n) is 4.61. The Balaban J connectivity index is 2.60. The summed E-state index contributed by atoms with van der Waals surface area (Å²) in [7, 11) is 0. The van der Waals surface area contributed by atoms with Crippen LogP contribution in [0.15, 0.2) is 15.9 Å². The van der Waals surface area contributed by atoms with Crippen LogP contribution in [0, 0.1) is 5.92 Å². The minimum atomic E-state index is 0.525. The number of hydrogen-bond donors (Lipinski definition) is 1. The van der Waals surface area contributed by atoms with E-state index in [9.17, 15) is 0 Å². The zero-order valence-electron chi connectivity index (χ0n) is 10.4. The van der Waals surface area contributed by atoms with Crippen LogP contribution >= 0.6 is 27.3 Å². The van der Waals surface area contributed by atoms with E-state index >= 15 is 0 Å². The number of halogens is 1. The third-order valence-corrected chi connectivity index (χ3v) is 4.62. The van der Waals surface area contributed by atoms with Crippen LogP contribution in [0.1, 0.15) is 51.0 Å². The molecule has 0 aliphatic carbocycles. The van der Waals surface area contributed by atoms with Gasteiger partial charge in [0.1, 0.15) is 0 Å². The fraction of sp³-hybridized carbons (Fsp3) is 0.692. The third-order valence-electron chi connectivity index (χ3n) is 2.63. The molecule has 0 aromatic carbocycles. The van der Waals surface area contributed by atoms with E-state index in [0.29, 0.717) is 6.04 Å². The lowest BCUT2D eigenvalue weighted by atomic mass is 10.0. The second-order valence-corrected chi connectivity index (χ2v) is 6.41. The van der Waals surface area contributed by atoms with E-state index < -0.39 is 0 Å². The number of hydrogen-bond acceptors (Lipinski definition) is 2. The predicted molar refractivity (Wildman–Crippen MR) is 77.1 cm³/mol. The maximum Gasteiger partial charge on any atom is 0.0426 e. The summed E-state index contributed by atoms with van der Waals surface area (Å²) >= 11 is 5.49. The minimum Gasteiger partial charge on any atom is -0.309 e. The molecule has 1 N–H and O–H groups in total. The summed E-state index contributed by atoms with van der Waals surface area (Å²) in [6.45, 7) is 7.91. The molecule has 0 saturated heterocycles. The van der Waals surface area contributed by atoms with E-state index in [1.165, 1.54) is 28.6 Å². The Bertz CT molecular complexity index is 296. The SMILES string of the molecule is CCCNC(CCC(C)C)c1sccc1Br. The maximum absolute atomic E-state index is 3.65. The molecule has 1 heterocycles. The number of thiophene rings is 1. The average Bonchev–Trinajstić information content (AvgIpc) is 2.65. The van der Waals surface area contributed by atoms with Crippen molar-refractivity contribution in [3.63, 3.8) is 0 Å². The van der Waals surface area contributed by atoms with Crippen molar-refractivity contribution in [1.29, 1.82) is 0 Å². The first kappa shape index (κ1) is 14.2. The molecule has 1 aromatic heterocycles. The molecule has 1 nitrogen and oxygen atoms in total. The quantitative estimate of drug-likeness (QED) is 0.748. The van der Waals surface area contributed by atoms with Crippen LogP contribution in [-0.2, 0) is 0 Å². The lowest BCUT2D eigenvalue weighted by Crippen LogP contribution is -2.22. The smallest absolute Gasteiger partial charge is 0.0426 e. The fourth-order valence-corrected chi connectivity index (χ4v) is 3.46.